The first-order valence-electron chi connectivity index (χ1n) is 4.80. The molecule has 0 atom stereocenters. The summed E-state index contributed by atoms with van der Waals surface area (Å²) in [7, 11) is 0. The zero-order valence-corrected chi connectivity index (χ0v) is 8.60. The molecule has 0 radical (unpaired) electrons. The molecule has 82 valence electrons. The summed E-state index contributed by atoms with van der Waals surface area (Å²) < 4.78 is 38.5. The second-order valence-electron chi connectivity index (χ2n) is 3.53. The van der Waals surface area contributed by atoms with Gasteiger partial charge in [0.25, 0.3) is 6.08 Å². The van der Waals surface area contributed by atoms with Crippen molar-refractivity contribution in [3.8, 4) is 0 Å². The minimum absolute atomic E-state index is 0.115. The average molecular weight is 222 g/mol. The van der Waals surface area contributed by atoms with Gasteiger partial charge in [-0.05, 0) is 23.9 Å². The van der Waals surface area contributed by atoms with E-state index >= 15 is 0 Å². The molecule has 0 N–H and O–H groups in total. The summed E-state index contributed by atoms with van der Waals surface area (Å²) in [6, 6.07) is 9.20. The Morgan fingerprint density at radius 2 is 1.56 bits per heavy atom. The van der Waals surface area contributed by atoms with Crippen molar-refractivity contribution in [1.29, 1.82) is 0 Å². The molecule has 0 bridgehead atoms. The summed E-state index contributed by atoms with van der Waals surface area (Å²) in [5, 5.41) is 0.869. The SMILES string of the molecule is CC(=C(F)F)c1ccc(F)c2ccccc12. The van der Waals surface area contributed by atoms with Gasteiger partial charge in [-0.25, -0.2) is 4.39 Å². The van der Waals surface area contributed by atoms with E-state index in [0.717, 1.165) is 0 Å². The fourth-order valence-corrected chi connectivity index (χ4v) is 1.69. The highest BCUT2D eigenvalue weighted by atomic mass is 19.3. The quantitative estimate of drug-likeness (QED) is 0.661. The van der Waals surface area contributed by atoms with Crippen LogP contribution in [0.5, 0.6) is 0 Å². The van der Waals surface area contributed by atoms with Gasteiger partial charge < -0.3 is 0 Å². The molecule has 0 nitrogen and oxygen atoms in total. The summed E-state index contributed by atoms with van der Waals surface area (Å²) >= 11 is 0. The summed E-state index contributed by atoms with van der Waals surface area (Å²) in [5.41, 5.74) is 0.258. The predicted octanol–water partition coefficient (Wildman–Crippen LogP) is 4.61. The van der Waals surface area contributed by atoms with Gasteiger partial charge in [-0.2, -0.15) is 8.78 Å². The maximum atomic E-state index is 13.4. The third-order valence-electron chi connectivity index (χ3n) is 2.56. The molecule has 0 aliphatic rings. The van der Waals surface area contributed by atoms with Crippen molar-refractivity contribution in [3.05, 3.63) is 53.9 Å². The maximum absolute atomic E-state index is 13.4. The summed E-state index contributed by atoms with van der Waals surface area (Å²) in [6.45, 7) is 1.33. The van der Waals surface area contributed by atoms with E-state index in [2.05, 4.69) is 0 Å². The van der Waals surface area contributed by atoms with Crippen molar-refractivity contribution in [2.75, 3.05) is 0 Å². The first kappa shape index (κ1) is 10.7. The van der Waals surface area contributed by atoms with Crippen LogP contribution in [-0.2, 0) is 0 Å². The van der Waals surface area contributed by atoms with Crippen LogP contribution in [-0.4, -0.2) is 0 Å². The Bertz CT molecular complexity index is 566. The lowest BCUT2D eigenvalue weighted by atomic mass is 9.99. The Labute approximate surface area is 91.0 Å². The molecule has 2 aromatic carbocycles. The molecule has 0 saturated heterocycles. The molecule has 0 fully saturated rings. The van der Waals surface area contributed by atoms with E-state index in [4.69, 9.17) is 0 Å². The minimum atomic E-state index is -1.74. The molecule has 0 aliphatic carbocycles. The van der Waals surface area contributed by atoms with Gasteiger partial charge in [0, 0.05) is 11.0 Å². The van der Waals surface area contributed by atoms with Crippen molar-refractivity contribution in [3.63, 3.8) is 0 Å². The molecule has 0 saturated carbocycles. The maximum Gasteiger partial charge on any atom is 0.273 e. The van der Waals surface area contributed by atoms with Crippen molar-refractivity contribution in [2.24, 2.45) is 0 Å². The molecule has 0 unspecified atom stereocenters. The third-order valence-corrected chi connectivity index (χ3v) is 2.56. The molecule has 0 aliphatic heterocycles. The number of hydrogen-bond donors (Lipinski definition) is 0. The van der Waals surface area contributed by atoms with Crippen LogP contribution in [0.4, 0.5) is 13.2 Å². The molecule has 0 aromatic heterocycles. The first-order chi connectivity index (χ1) is 7.61. The number of allylic oxidation sites excluding steroid dienone is 1. The van der Waals surface area contributed by atoms with Gasteiger partial charge in [-0.15, -0.1) is 0 Å². The molecule has 0 heterocycles. The average Bonchev–Trinajstić information content (AvgIpc) is 2.29. The van der Waals surface area contributed by atoms with E-state index in [1.807, 2.05) is 0 Å². The van der Waals surface area contributed by atoms with Gasteiger partial charge in [0.15, 0.2) is 0 Å². The van der Waals surface area contributed by atoms with Crippen LogP contribution in [0.2, 0.25) is 0 Å². The van der Waals surface area contributed by atoms with Crippen LogP contribution < -0.4 is 0 Å². The van der Waals surface area contributed by atoms with Gasteiger partial charge in [-0.1, -0.05) is 30.3 Å². The minimum Gasteiger partial charge on any atom is -0.206 e. The van der Waals surface area contributed by atoms with E-state index in [9.17, 15) is 13.2 Å². The van der Waals surface area contributed by atoms with Gasteiger partial charge >= 0.3 is 0 Å². The smallest absolute Gasteiger partial charge is 0.206 e. The van der Waals surface area contributed by atoms with Crippen molar-refractivity contribution >= 4 is 16.3 Å². The monoisotopic (exact) mass is 222 g/mol. The van der Waals surface area contributed by atoms with E-state index in [0.29, 0.717) is 16.3 Å². The first-order valence-corrected chi connectivity index (χ1v) is 4.80. The van der Waals surface area contributed by atoms with Crippen LogP contribution in [0.3, 0.4) is 0 Å². The van der Waals surface area contributed by atoms with E-state index in [1.165, 1.54) is 19.1 Å². The zero-order chi connectivity index (χ0) is 11.7. The Morgan fingerprint density at radius 1 is 0.938 bits per heavy atom. The number of benzene rings is 2. The predicted molar refractivity (Wildman–Crippen MR) is 58.7 cm³/mol. The second kappa shape index (κ2) is 4.00. The summed E-state index contributed by atoms with van der Waals surface area (Å²) in [4.78, 5) is 0. The molecule has 16 heavy (non-hydrogen) atoms. The van der Waals surface area contributed by atoms with Crippen LogP contribution >= 0.6 is 0 Å². The Balaban J connectivity index is 2.83. The Hall–Kier alpha value is -1.77. The number of fused-ring (bicyclic) bond motifs is 1. The van der Waals surface area contributed by atoms with Crippen LogP contribution in [0, 0.1) is 5.82 Å². The highest BCUT2D eigenvalue weighted by Crippen LogP contribution is 2.29. The van der Waals surface area contributed by atoms with Gasteiger partial charge in [-0.3, -0.25) is 0 Å². The largest absolute Gasteiger partial charge is 0.273 e. The van der Waals surface area contributed by atoms with E-state index in [1.54, 1.807) is 24.3 Å². The van der Waals surface area contributed by atoms with Crippen LogP contribution in [0.15, 0.2) is 42.5 Å². The summed E-state index contributed by atoms with van der Waals surface area (Å²) in [6.07, 6.45) is -1.74. The molecule has 2 aromatic rings. The zero-order valence-electron chi connectivity index (χ0n) is 8.60. The highest BCUT2D eigenvalue weighted by molar-refractivity contribution is 5.93. The van der Waals surface area contributed by atoms with E-state index < -0.39 is 11.9 Å². The Kier molecular flexibility index (Phi) is 2.69. The molecule has 3 heteroatoms. The lowest BCUT2D eigenvalue weighted by molar-refractivity contribution is 0.425. The van der Waals surface area contributed by atoms with Crippen LogP contribution in [0.1, 0.15) is 12.5 Å². The molecular weight excluding hydrogens is 213 g/mol. The topological polar surface area (TPSA) is 0 Å². The van der Waals surface area contributed by atoms with Crippen molar-refractivity contribution in [1.82, 2.24) is 0 Å². The van der Waals surface area contributed by atoms with E-state index in [-0.39, 0.29) is 5.57 Å². The molecule has 0 spiro atoms. The fraction of sp³-hybridized carbons (Fsp3) is 0.0769. The number of halogens is 3. The number of rotatable bonds is 1. The van der Waals surface area contributed by atoms with Gasteiger partial charge in [0.05, 0.1) is 0 Å². The fourth-order valence-electron chi connectivity index (χ4n) is 1.69. The highest BCUT2D eigenvalue weighted by Gasteiger charge is 2.09. The van der Waals surface area contributed by atoms with Crippen molar-refractivity contribution in [2.45, 2.75) is 6.92 Å². The third kappa shape index (κ3) is 1.69. The lowest BCUT2D eigenvalue weighted by Crippen LogP contribution is -1.87. The Morgan fingerprint density at radius 3 is 2.19 bits per heavy atom. The molecular formula is C13H9F3. The molecule has 0 amide bonds. The standard InChI is InChI=1S/C13H9F3/c1-8(13(15)16)9-6-7-12(14)11-5-3-2-4-10(9)11/h2-7H,1H3. The van der Waals surface area contributed by atoms with Crippen LogP contribution in [0.25, 0.3) is 16.3 Å². The van der Waals surface area contributed by atoms with Crippen molar-refractivity contribution < 1.29 is 13.2 Å². The van der Waals surface area contributed by atoms with Gasteiger partial charge in [0.2, 0.25) is 0 Å². The molecule has 2 rings (SSSR count). The normalized spacial score (nSPS) is 10.5. The van der Waals surface area contributed by atoms with Gasteiger partial charge in [0.1, 0.15) is 5.82 Å². The second-order valence-corrected chi connectivity index (χ2v) is 3.53. The summed E-state index contributed by atoms with van der Waals surface area (Å²) in [5.74, 6) is -0.397. The lowest BCUT2D eigenvalue weighted by Gasteiger charge is -2.06. The number of hydrogen-bond acceptors (Lipinski definition) is 0.